The quantitative estimate of drug-likeness (QED) is 0.626. The summed E-state index contributed by atoms with van der Waals surface area (Å²) in [5.41, 5.74) is 7.07. The molecule has 2 aliphatic rings. The number of amides is 1. The molecule has 6 heteroatoms. The molecule has 0 fully saturated rings. The van der Waals surface area contributed by atoms with Crippen molar-refractivity contribution in [2.24, 2.45) is 4.99 Å². The largest absolute Gasteiger partial charge is 0.377 e. The molecular formula is C26H38N4OS. The summed E-state index contributed by atoms with van der Waals surface area (Å²) in [5, 5.41) is 3.05. The van der Waals surface area contributed by atoms with Crippen LogP contribution in [0.1, 0.15) is 51.7 Å². The number of hydrogen-bond acceptors (Lipinski definition) is 5. The van der Waals surface area contributed by atoms with E-state index in [1.807, 2.05) is 32.5 Å². The second-order valence-electron chi connectivity index (χ2n) is 10.2. The van der Waals surface area contributed by atoms with E-state index >= 15 is 0 Å². The molecule has 32 heavy (non-hydrogen) atoms. The van der Waals surface area contributed by atoms with Gasteiger partial charge in [0.15, 0.2) is 0 Å². The number of carbonyl (C=O) groups excluding carboxylic acids is 1. The lowest BCUT2D eigenvalue weighted by Crippen LogP contribution is -2.41. The number of benzene rings is 1. The minimum absolute atomic E-state index is 0.122. The van der Waals surface area contributed by atoms with Crippen LogP contribution >= 0.6 is 11.8 Å². The molecule has 1 aromatic rings. The number of rotatable bonds is 6. The van der Waals surface area contributed by atoms with Crippen molar-refractivity contribution in [1.82, 2.24) is 10.2 Å². The molecule has 1 N–H and O–H groups in total. The van der Waals surface area contributed by atoms with Crippen LogP contribution < -0.4 is 10.2 Å². The average Bonchev–Trinajstić information content (AvgIpc) is 2.67. The maximum absolute atomic E-state index is 12.1. The topological polar surface area (TPSA) is 47.9 Å². The van der Waals surface area contributed by atoms with Crippen molar-refractivity contribution in [3.05, 3.63) is 39.8 Å². The first-order chi connectivity index (χ1) is 14.9. The number of nitrogens with one attached hydrogen (secondary N) is 1. The smallest absolute Gasteiger partial charge is 0.220 e. The number of carbonyl (C=O) groups is 1. The van der Waals surface area contributed by atoms with Crippen LogP contribution in [0, 0.1) is 13.8 Å². The van der Waals surface area contributed by atoms with Crippen molar-refractivity contribution < 1.29 is 4.79 Å². The number of thioether (sulfide) groups is 1. The molecule has 1 amide bonds. The van der Waals surface area contributed by atoms with Crippen LogP contribution in [-0.4, -0.2) is 55.8 Å². The lowest BCUT2D eigenvalue weighted by Gasteiger charge is -2.32. The van der Waals surface area contributed by atoms with Gasteiger partial charge in [0.2, 0.25) is 5.91 Å². The number of fused-ring (bicyclic) bond motifs is 2. The summed E-state index contributed by atoms with van der Waals surface area (Å²) in [7, 11) is 6.33. The van der Waals surface area contributed by atoms with Crippen molar-refractivity contribution in [2.75, 3.05) is 32.6 Å². The predicted octanol–water partition coefficient (Wildman–Crippen LogP) is 5.39. The highest BCUT2D eigenvalue weighted by Crippen LogP contribution is 2.47. The third kappa shape index (κ3) is 5.46. The lowest BCUT2D eigenvalue weighted by molar-refractivity contribution is -0.122. The van der Waals surface area contributed by atoms with Gasteiger partial charge in [-0.15, -0.1) is 0 Å². The number of likely N-dealkylation sites (N-methyl/N-ethyl adjacent to an activating group) is 1. The van der Waals surface area contributed by atoms with E-state index in [4.69, 9.17) is 4.99 Å². The molecule has 1 aliphatic heterocycles. The fourth-order valence-electron chi connectivity index (χ4n) is 4.27. The molecule has 1 heterocycles. The Morgan fingerprint density at radius 2 is 1.84 bits per heavy atom. The number of nitrogens with zero attached hydrogens (tertiary/aromatic N) is 3. The normalized spacial score (nSPS) is 17.8. The molecule has 0 spiro atoms. The maximum Gasteiger partial charge on any atom is 0.220 e. The summed E-state index contributed by atoms with van der Waals surface area (Å²) in [4.78, 5) is 24.1. The van der Waals surface area contributed by atoms with Crippen LogP contribution in [0.25, 0.3) is 0 Å². The zero-order valence-electron chi connectivity index (χ0n) is 21.1. The van der Waals surface area contributed by atoms with Gasteiger partial charge < -0.3 is 10.2 Å². The summed E-state index contributed by atoms with van der Waals surface area (Å²) in [5.74, 6) is 0.122. The first kappa shape index (κ1) is 24.6. The molecule has 1 atom stereocenters. The Morgan fingerprint density at radius 3 is 2.47 bits per heavy atom. The molecule has 0 saturated carbocycles. The first-order valence-corrected chi connectivity index (χ1v) is 12.2. The minimum Gasteiger partial charge on any atom is -0.377 e. The van der Waals surface area contributed by atoms with Gasteiger partial charge in [0.05, 0.1) is 17.4 Å². The molecule has 1 unspecified atom stereocenters. The fourth-order valence-corrected chi connectivity index (χ4v) is 5.37. The van der Waals surface area contributed by atoms with Gasteiger partial charge in [-0.3, -0.25) is 9.69 Å². The summed E-state index contributed by atoms with van der Waals surface area (Å²) in [6.45, 7) is 13.4. The van der Waals surface area contributed by atoms with E-state index in [1.165, 1.54) is 32.2 Å². The second kappa shape index (κ2) is 9.44. The molecule has 0 saturated heterocycles. The van der Waals surface area contributed by atoms with E-state index in [9.17, 15) is 4.79 Å². The van der Waals surface area contributed by atoms with Gasteiger partial charge >= 0.3 is 0 Å². The third-order valence-corrected chi connectivity index (χ3v) is 7.13. The molecular weight excluding hydrogens is 416 g/mol. The highest BCUT2D eigenvalue weighted by atomic mass is 32.2. The fraction of sp³-hybridized carbons (Fsp3) is 0.538. The monoisotopic (exact) mass is 454 g/mol. The Morgan fingerprint density at radius 1 is 1.16 bits per heavy atom. The Bertz CT molecular complexity index is 998. The Balaban J connectivity index is 1.75. The Kier molecular flexibility index (Phi) is 7.25. The van der Waals surface area contributed by atoms with Crippen LogP contribution in [0.15, 0.2) is 38.6 Å². The van der Waals surface area contributed by atoms with Gasteiger partial charge in [0.25, 0.3) is 0 Å². The van der Waals surface area contributed by atoms with Crippen molar-refractivity contribution in [3.8, 4) is 0 Å². The van der Waals surface area contributed by atoms with E-state index in [0.717, 1.165) is 24.4 Å². The summed E-state index contributed by atoms with van der Waals surface area (Å²) >= 11 is 1.82. The van der Waals surface area contributed by atoms with E-state index in [-0.39, 0.29) is 17.5 Å². The van der Waals surface area contributed by atoms with Gasteiger partial charge in [0.1, 0.15) is 0 Å². The molecule has 0 aromatic heterocycles. The summed E-state index contributed by atoms with van der Waals surface area (Å²) in [6.07, 6.45) is 5.95. The van der Waals surface area contributed by atoms with E-state index < -0.39 is 0 Å². The van der Waals surface area contributed by atoms with Crippen LogP contribution in [-0.2, 0) is 4.79 Å². The van der Waals surface area contributed by atoms with Crippen LogP contribution in [0.2, 0.25) is 0 Å². The lowest BCUT2D eigenvalue weighted by atomic mass is 9.98. The SMILES string of the molecule is CC1=CC2=Nc3c(cc(N(C)C)c(C)c3C)SC2=CC1N(C)CCCC(=O)NC(C)(C)C. The number of anilines is 1. The molecule has 5 nitrogen and oxygen atoms in total. The highest BCUT2D eigenvalue weighted by molar-refractivity contribution is 8.04. The van der Waals surface area contributed by atoms with Crippen LogP contribution in [0.4, 0.5) is 11.4 Å². The number of hydrogen-bond donors (Lipinski definition) is 1. The first-order valence-electron chi connectivity index (χ1n) is 11.4. The molecule has 0 radical (unpaired) electrons. The van der Waals surface area contributed by atoms with Gasteiger partial charge in [-0.05, 0) is 90.9 Å². The van der Waals surface area contributed by atoms with E-state index in [2.05, 4.69) is 75.2 Å². The third-order valence-electron chi connectivity index (χ3n) is 6.03. The standard InChI is InChI=1S/C26H38N4OS/c1-16-13-19-22(14-20(16)30(9)12-10-11-24(31)28-26(4,5)6)32-23-15-21(29(7)8)17(2)18(3)25(23)27-19/h13-15,20H,10-12H2,1-9H3,(H,28,31). The van der Waals surface area contributed by atoms with Crippen molar-refractivity contribution >= 4 is 34.8 Å². The summed E-state index contributed by atoms with van der Waals surface area (Å²) in [6, 6.07) is 2.49. The molecule has 174 valence electrons. The molecule has 3 rings (SSSR count). The zero-order chi connectivity index (χ0) is 23.8. The van der Waals surface area contributed by atoms with Crippen LogP contribution in [0.3, 0.4) is 0 Å². The van der Waals surface area contributed by atoms with Crippen LogP contribution in [0.5, 0.6) is 0 Å². The van der Waals surface area contributed by atoms with Crippen molar-refractivity contribution in [3.63, 3.8) is 0 Å². The molecule has 0 bridgehead atoms. The predicted molar refractivity (Wildman–Crippen MR) is 139 cm³/mol. The summed E-state index contributed by atoms with van der Waals surface area (Å²) < 4.78 is 0. The minimum atomic E-state index is -0.177. The van der Waals surface area contributed by atoms with Crippen molar-refractivity contribution in [1.29, 1.82) is 0 Å². The van der Waals surface area contributed by atoms with Gasteiger partial charge in [-0.2, -0.15) is 0 Å². The number of aliphatic imine (C=N–C) groups is 1. The zero-order valence-corrected chi connectivity index (χ0v) is 21.9. The Hall–Kier alpha value is -2.05. The van der Waals surface area contributed by atoms with E-state index in [1.54, 1.807) is 0 Å². The average molecular weight is 455 g/mol. The second-order valence-corrected chi connectivity index (χ2v) is 11.3. The van der Waals surface area contributed by atoms with Gasteiger partial charge in [-0.1, -0.05) is 17.3 Å². The Labute approximate surface area is 198 Å². The molecule has 1 aliphatic carbocycles. The van der Waals surface area contributed by atoms with Gasteiger partial charge in [-0.25, -0.2) is 4.99 Å². The van der Waals surface area contributed by atoms with Gasteiger partial charge in [0, 0.05) is 41.5 Å². The highest BCUT2D eigenvalue weighted by Gasteiger charge is 2.27. The van der Waals surface area contributed by atoms with E-state index in [0.29, 0.717) is 6.42 Å². The number of allylic oxidation sites excluding steroid dienone is 2. The maximum atomic E-state index is 12.1. The molecule has 1 aromatic carbocycles. The van der Waals surface area contributed by atoms with Crippen molar-refractivity contribution in [2.45, 2.75) is 70.9 Å².